The molecule has 0 aliphatic rings. The van der Waals surface area contributed by atoms with E-state index in [-0.39, 0.29) is 6.04 Å². The van der Waals surface area contributed by atoms with Crippen molar-refractivity contribution in [3.05, 3.63) is 35.4 Å². The molecule has 0 amide bonds. The summed E-state index contributed by atoms with van der Waals surface area (Å²) in [6.45, 7) is 5.91. The van der Waals surface area contributed by atoms with E-state index in [9.17, 15) is 5.11 Å². The van der Waals surface area contributed by atoms with Gasteiger partial charge in [-0.1, -0.05) is 37.6 Å². The average molecular weight is 235 g/mol. The van der Waals surface area contributed by atoms with Crippen LogP contribution in [-0.2, 0) is 6.42 Å². The standard InChI is InChI=1S/C15H25NO/c1-6-7-12-8-10-13(11-9-12)14(16(4)5)15(2,3)17/h8-11,14,17H,6-7H2,1-5H3. The molecular weight excluding hydrogens is 210 g/mol. The quantitative estimate of drug-likeness (QED) is 0.848. The molecule has 2 heteroatoms. The number of hydrogen-bond donors (Lipinski definition) is 1. The molecule has 17 heavy (non-hydrogen) atoms. The van der Waals surface area contributed by atoms with Crippen LogP contribution in [0.2, 0.25) is 0 Å². The summed E-state index contributed by atoms with van der Waals surface area (Å²) in [5, 5.41) is 10.2. The maximum absolute atomic E-state index is 10.2. The van der Waals surface area contributed by atoms with Gasteiger partial charge < -0.3 is 5.11 Å². The van der Waals surface area contributed by atoms with Gasteiger partial charge >= 0.3 is 0 Å². The fourth-order valence-electron chi connectivity index (χ4n) is 2.49. The topological polar surface area (TPSA) is 23.5 Å². The van der Waals surface area contributed by atoms with Crippen LogP contribution in [0, 0.1) is 0 Å². The van der Waals surface area contributed by atoms with Crippen LogP contribution in [0.1, 0.15) is 44.4 Å². The summed E-state index contributed by atoms with van der Waals surface area (Å²) >= 11 is 0. The molecule has 1 N–H and O–H groups in total. The van der Waals surface area contributed by atoms with Gasteiger partial charge in [-0.2, -0.15) is 0 Å². The van der Waals surface area contributed by atoms with E-state index in [0.29, 0.717) is 0 Å². The number of aryl methyl sites for hydroxylation is 1. The lowest BCUT2D eigenvalue weighted by molar-refractivity contribution is -0.00315. The first-order chi connectivity index (χ1) is 7.86. The zero-order valence-corrected chi connectivity index (χ0v) is 11.7. The smallest absolute Gasteiger partial charge is 0.0787 e. The molecule has 0 saturated carbocycles. The van der Waals surface area contributed by atoms with Crippen molar-refractivity contribution in [3.63, 3.8) is 0 Å². The predicted molar refractivity (Wildman–Crippen MR) is 73.2 cm³/mol. The van der Waals surface area contributed by atoms with Crippen molar-refractivity contribution < 1.29 is 5.11 Å². The lowest BCUT2D eigenvalue weighted by atomic mass is 9.90. The summed E-state index contributed by atoms with van der Waals surface area (Å²) in [5.74, 6) is 0. The van der Waals surface area contributed by atoms with Crippen LogP contribution in [-0.4, -0.2) is 29.7 Å². The van der Waals surface area contributed by atoms with E-state index >= 15 is 0 Å². The molecule has 0 fully saturated rings. The Balaban J connectivity index is 2.96. The fourth-order valence-corrected chi connectivity index (χ4v) is 2.49. The van der Waals surface area contributed by atoms with Crippen molar-refractivity contribution in [2.45, 2.75) is 45.3 Å². The summed E-state index contributed by atoms with van der Waals surface area (Å²) in [5.41, 5.74) is 1.79. The Morgan fingerprint density at radius 3 is 2.06 bits per heavy atom. The van der Waals surface area contributed by atoms with Crippen LogP contribution in [0.25, 0.3) is 0 Å². The van der Waals surface area contributed by atoms with Gasteiger partial charge in [0.25, 0.3) is 0 Å². The first-order valence-corrected chi connectivity index (χ1v) is 6.34. The Hall–Kier alpha value is -0.860. The van der Waals surface area contributed by atoms with Gasteiger partial charge in [-0.05, 0) is 45.5 Å². The van der Waals surface area contributed by atoms with E-state index in [4.69, 9.17) is 0 Å². The van der Waals surface area contributed by atoms with E-state index in [1.165, 1.54) is 17.5 Å². The highest BCUT2D eigenvalue weighted by Crippen LogP contribution is 2.29. The van der Waals surface area contributed by atoms with Crippen molar-refractivity contribution in [2.24, 2.45) is 0 Å². The lowest BCUT2D eigenvalue weighted by Crippen LogP contribution is -2.38. The monoisotopic (exact) mass is 235 g/mol. The minimum atomic E-state index is -0.740. The summed E-state index contributed by atoms with van der Waals surface area (Å²) in [7, 11) is 4.01. The molecule has 0 aliphatic carbocycles. The third-order valence-corrected chi connectivity index (χ3v) is 3.02. The predicted octanol–water partition coefficient (Wildman–Crippen LogP) is 3.01. The van der Waals surface area contributed by atoms with Crippen LogP contribution < -0.4 is 0 Å². The Labute approximate surface area is 105 Å². The van der Waals surface area contributed by atoms with Gasteiger partial charge in [0.05, 0.1) is 11.6 Å². The Bertz CT molecular complexity index is 335. The molecule has 1 unspecified atom stereocenters. The zero-order chi connectivity index (χ0) is 13.1. The largest absolute Gasteiger partial charge is 0.388 e. The normalized spacial score (nSPS) is 14.1. The molecule has 1 aromatic carbocycles. The van der Waals surface area contributed by atoms with Crippen molar-refractivity contribution >= 4 is 0 Å². The second-order valence-electron chi connectivity index (χ2n) is 5.51. The van der Waals surface area contributed by atoms with Gasteiger partial charge in [-0.15, -0.1) is 0 Å². The Morgan fingerprint density at radius 2 is 1.71 bits per heavy atom. The Morgan fingerprint density at radius 1 is 1.18 bits per heavy atom. The number of likely N-dealkylation sites (N-methyl/N-ethyl adjacent to an activating group) is 1. The number of benzene rings is 1. The van der Waals surface area contributed by atoms with Gasteiger partial charge in [0, 0.05) is 0 Å². The number of nitrogens with zero attached hydrogens (tertiary/aromatic N) is 1. The molecule has 0 aliphatic heterocycles. The summed E-state index contributed by atoms with van der Waals surface area (Å²) in [6.07, 6.45) is 2.29. The van der Waals surface area contributed by atoms with E-state index in [1.807, 2.05) is 27.9 Å². The van der Waals surface area contributed by atoms with Crippen molar-refractivity contribution in [1.82, 2.24) is 4.90 Å². The van der Waals surface area contributed by atoms with Gasteiger partial charge in [0.15, 0.2) is 0 Å². The van der Waals surface area contributed by atoms with E-state index < -0.39 is 5.60 Å². The average Bonchev–Trinajstić information content (AvgIpc) is 2.18. The highest BCUT2D eigenvalue weighted by molar-refractivity contribution is 5.26. The van der Waals surface area contributed by atoms with Gasteiger partial charge in [-0.25, -0.2) is 0 Å². The van der Waals surface area contributed by atoms with Crippen molar-refractivity contribution in [1.29, 1.82) is 0 Å². The molecule has 2 nitrogen and oxygen atoms in total. The molecule has 0 saturated heterocycles. The highest BCUT2D eigenvalue weighted by atomic mass is 16.3. The lowest BCUT2D eigenvalue weighted by Gasteiger charge is -2.35. The number of aliphatic hydroxyl groups is 1. The van der Waals surface area contributed by atoms with Crippen LogP contribution in [0.3, 0.4) is 0 Å². The third-order valence-electron chi connectivity index (χ3n) is 3.02. The van der Waals surface area contributed by atoms with Crippen molar-refractivity contribution in [2.75, 3.05) is 14.1 Å². The summed E-state index contributed by atoms with van der Waals surface area (Å²) in [4.78, 5) is 2.06. The fraction of sp³-hybridized carbons (Fsp3) is 0.600. The third kappa shape index (κ3) is 3.83. The zero-order valence-electron chi connectivity index (χ0n) is 11.7. The maximum Gasteiger partial charge on any atom is 0.0787 e. The summed E-state index contributed by atoms with van der Waals surface area (Å²) in [6, 6.07) is 8.63. The molecule has 0 heterocycles. The summed E-state index contributed by atoms with van der Waals surface area (Å²) < 4.78 is 0. The van der Waals surface area contributed by atoms with E-state index in [2.05, 4.69) is 36.1 Å². The first kappa shape index (κ1) is 14.2. The van der Waals surface area contributed by atoms with Gasteiger partial charge in [0.2, 0.25) is 0 Å². The number of rotatable bonds is 5. The van der Waals surface area contributed by atoms with E-state index in [1.54, 1.807) is 0 Å². The van der Waals surface area contributed by atoms with Crippen molar-refractivity contribution in [3.8, 4) is 0 Å². The molecule has 0 spiro atoms. The molecule has 96 valence electrons. The second kappa shape index (κ2) is 5.65. The molecular formula is C15H25NO. The molecule has 0 radical (unpaired) electrons. The molecule has 0 bridgehead atoms. The molecule has 1 atom stereocenters. The second-order valence-corrected chi connectivity index (χ2v) is 5.51. The Kier molecular flexibility index (Phi) is 4.72. The number of hydrogen-bond acceptors (Lipinski definition) is 2. The molecule has 1 aromatic rings. The van der Waals surface area contributed by atoms with Gasteiger partial charge in [0.1, 0.15) is 0 Å². The van der Waals surface area contributed by atoms with Gasteiger partial charge in [-0.3, -0.25) is 4.90 Å². The van der Waals surface area contributed by atoms with Crippen LogP contribution in [0.15, 0.2) is 24.3 Å². The van der Waals surface area contributed by atoms with E-state index in [0.717, 1.165) is 6.42 Å². The van der Waals surface area contributed by atoms with Crippen LogP contribution >= 0.6 is 0 Å². The minimum absolute atomic E-state index is 0.0261. The molecule has 1 rings (SSSR count). The molecule has 0 aromatic heterocycles. The minimum Gasteiger partial charge on any atom is -0.388 e. The first-order valence-electron chi connectivity index (χ1n) is 6.34. The highest BCUT2D eigenvalue weighted by Gasteiger charge is 2.29. The SMILES string of the molecule is CCCc1ccc(C(N(C)C)C(C)(C)O)cc1. The maximum atomic E-state index is 10.2. The van der Waals surface area contributed by atoms with Crippen LogP contribution in [0.4, 0.5) is 0 Å². The van der Waals surface area contributed by atoms with Crippen LogP contribution in [0.5, 0.6) is 0 Å².